The Morgan fingerprint density at radius 3 is 2.63 bits per heavy atom. The zero-order valence-electron chi connectivity index (χ0n) is 16.3. The summed E-state index contributed by atoms with van der Waals surface area (Å²) >= 11 is 0. The van der Waals surface area contributed by atoms with Crippen molar-refractivity contribution in [2.75, 3.05) is 7.05 Å². The lowest BCUT2D eigenvalue weighted by atomic mass is 10.1. The molecule has 0 saturated heterocycles. The molecule has 0 aliphatic rings. The molecule has 0 aliphatic heterocycles. The Kier molecular flexibility index (Phi) is 5.85. The van der Waals surface area contributed by atoms with Crippen molar-refractivity contribution in [2.45, 2.75) is 40.4 Å². The van der Waals surface area contributed by atoms with Crippen LogP contribution in [0.15, 0.2) is 41.7 Å². The first-order valence-electron chi connectivity index (χ1n) is 9.05. The van der Waals surface area contributed by atoms with Gasteiger partial charge in [0.15, 0.2) is 11.8 Å². The maximum atomic E-state index is 4.60. The lowest BCUT2D eigenvalue weighted by molar-refractivity contribution is 0.669. The Labute approximate surface area is 159 Å². The van der Waals surface area contributed by atoms with Crippen molar-refractivity contribution in [3.63, 3.8) is 0 Å². The number of para-hydroxylation sites is 1. The van der Waals surface area contributed by atoms with Crippen LogP contribution in [0.5, 0.6) is 0 Å². The van der Waals surface area contributed by atoms with Crippen LogP contribution in [0.4, 0.5) is 0 Å². The van der Waals surface area contributed by atoms with Crippen LogP contribution < -0.4 is 10.6 Å². The molecule has 0 fully saturated rings. The zero-order chi connectivity index (χ0) is 19.2. The molecule has 0 aliphatic carbocycles. The van der Waals surface area contributed by atoms with E-state index in [1.165, 1.54) is 0 Å². The summed E-state index contributed by atoms with van der Waals surface area (Å²) < 4.78 is 3.98. The Bertz CT molecular complexity index is 921. The first-order valence-corrected chi connectivity index (χ1v) is 9.05. The van der Waals surface area contributed by atoms with Crippen LogP contribution in [0.25, 0.3) is 5.69 Å². The van der Waals surface area contributed by atoms with Crippen LogP contribution in [0, 0.1) is 13.8 Å². The van der Waals surface area contributed by atoms with Gasteiger partial charge in [0.1, 0.15) is 6.33 Å². The van der Waals surface area contributed by atoms with E-state index in [0.717, 1.165) is 35.0 Å². The summed E-state index contributed by atoms with van der Waals surface area (Å²) in [7, 11) is 1.76. The molecule has 2 N–H and O–H groups in total. The first kappa shape index (κ1) is 18.6. The molecule has 142 valence electrons. The molecule has 8 nitrogen and oxygen atoms in total. The standard InChI is InChI=1S/C19H26N8/c1-5-26-13-23-24-18(26)12-22-19(20-4)21-11-16-8-6-7-9-17(16)27-15(3)10-14(2)25-27/h6-10,13H,5,11-12H2,1-4H3,(H2,20,21,22). The highest BCUT2D eigenvalue weighted by molar-refractivity contribution is 5.79. The predicted molar refractivity (Wildman–Crippen MR) is 106 cm³/mol. The van der Waals surface area contributed by atoms with E-state index in [9.17, 15) is 0 Å². The van der Waals surface area contributed by atoms with Gasteiger partial charge in [-0.1, -0.05) is 18.2 Å². The average molecular weight is 366 g/mol. The maximum absolute atomic E-state index is 4.60. The van der Waals surface area contributed by atoms with Gasteiger partial charge in [0, 0.05) is 25.8 Å². The second-order valence-corrected chi connectivity index (χ2v) is 6.28. The smallest absolute Gasteiger partial charge is 0.191 e. The van der Waals surface area contributed by atoms with Gasteiger partial charge in [-0.2, -0.15) is 5.10 Å². The molecular formula is C19H26N8. The summed E-state index contributed by atoms with van der Waals surface area (Å²) in [4.78, 5) is 4.30. The van der Waals surface area contributed by atoms with E-state index in [0.29, 0.717) is 19.0 Å². The Hall–Kier alpha value is -3.16. The van der Waals surface area contributed by atoms with Gasteiger partial charge in [0.25, 0.3) is 0 Å². The van der Waals surface area contributed by atoms with Gasteiger partial charge >= 0.3 is 0 Å². The van der Waals surface area contributed by atoms with Crippen LogP contribution in [-0.4, -0.2) is 37.6 Å². The second-order valence-electron chi connectivity index (χ2n) is 6.28. The number of aryl methyl sites for hydroxylation is 3. The summed E-state index contributed by atoms with van der Waals surface area (Å²) in [5.74, 6) is 1.59. The van der Waals surface area contributed by atoms with E-state index in [4.69, 9.17) is 0 Å². The third kappa shape index (κ3) is 4.33. The van der Waals surface area contributed by atoms with Crippen molar-refractivity contribution < 1.29 is 0 Å². The van der Waals surface area contributed by atoms with Crippen LogP contribution >= 0.6 is 0 Å². The quantitative estimate of drug-likeness (QED) is 0.515. The van der Waals surface area contributed by atoms with E-state index in [2.05, 4.69) is 63.0 Å². The highest BCUT2D eigenvalue weighted by Crippen LogP contribution is 2.16. The molecule has 0 bridgehead atoms. The van der Waals surface area contributed by atoms with E-state index in [-0.39, 0.29) is 0 Å². The summed E-state index contributed by atoms with van der Waals surface area (Å²) in [5, 5.41) is 19.3. The Balaban J connectivity index is 1.68. The Morgan fingerprint density at radius 1 is 1.15 bits per heavy atom. The number of rotatable bonds is 6. The van der Waals surface area contributed by atoms with Crippen LogP contribution in [0.1, 0.15) is 29.7 Å². The first-order chi connectivity index (χ1) is 13.1. The van der Waals surface area contributed by atoms with Crippen LogP contribution in [-0.2, 0) is 19.6 Å². The molecule has 0 unspecified atom stereocenters. The Morgan fingerprint density at radius 2 is 1.93 bits per heavy atom. The van der Waals surface area contributed by atoms with Gasteiger partial charge in [-0.3, -0.25) is 4.99 Å². The fourth-order valence-corrected chi connectivity index (χ4v) is 2.98. The minimum Gasteiger partial charge on any atom is -0.352 e. The average Bonchev–Trinajstić information content (AvgIpc) is 3.27. The molecule has 0 amide bonds. The summed E-state index contributed by atoms with van der Waals surface area (Å²) in [6.45, 7) is 8.17. The highest BCUT2D eigenvalue weighted by Gasteiger charge is 2.10. The number of hydrogen-bond acceptors (Lipinski definition) is 4. The van der Waals surface area contributed by atoms with Gasteiger partial charge < -0.3 is 15.2 Å². The molecule has 2 heterocycles. The molecule has 2 aromatic heterocycles. The molecule has 0 spiro atoms. The number of hydrogen-bond donors (Lipinski definition) is 2. The molecular weight excluding hydrogens is 340 g/mol. The monoisotopic (exact) mass is 366 g/mol. The predicted octanol–water partition coefficient (Wildman–Crippen LogP) is 1.97. The topological polar surface area (TPSA) is 85.0 Å². The van der Waals surface area contributed by atoms with Gasteiger partial charge in [-0.25, -0.2) is 4.68 Å². The lowest BCUT2D eigenvalue weighted by Gasteiger charge is -2.15. The van der Waals surface area contributed by atoms with Crippen molar-refractivity contribution in [1.82, 2.24) is 35.2 Å². The molecule has 0 radical (unpaired) electrons. The van der Waals surface area contributed by atoms with Crippen molar-refractivity contribution in [3.8, 4) is 5.69 Å². The molecule has 0 atom stereocenters. The summed E-state index contributed by atoms with van der Waals surface area (Å²) in [6.07, 6.45) is 1.73. The van der Waals surface area contributed by atoms with Crippen molar-refractivity contribution >= 4 is 5.96 Å². The molecule has 1 aromatic carbocycles. The van der Waals surface area contributed by atoms with E-state index in [1.807, 2.05) is 28.3 Å². The van der Waals surface area contributed by atoms with Crippen LogP contribution in [0.3, 0.4) is 0 Å². The number of aliphatic imine (C=N–C) groups is 1. The second kappa shape index (κ2) is 8.48. The highest BCUT2D eigenvalue weighted by atomic mass is 15.3. The van der Waals surface area contributed by atoms with Crippen molar-refractivity contribution in [3.05, 3.63) is 59.4 Å². The molecule has 3 rings (SSSR count). The number of guanidine groups is 1. The van der Waals surface area contributed by atoms with E-state index < -0.39 is 0 Å². The molecule has 27 heavy (non-hydrogen) atoms. The third-order valence-electron chi connectivity index (χ3n) is 4.35. The largest absolute Gasteiger partial charge is 0.352 e. The number of nitrogens with one attached hydrogen (secondary N) is 2. The normalized spacial score (nSPS) is 11.6. The molecule has 0 saturated carbocycles. The number of aromatic nitrogens is 5. The van der Waals surface area contributed by atoms with Gasteiger partial charge in [0.2, 0.25) is 0 Å². The van der Waals surface area contributed by atoms with Gasteiger partial charge in [-0.05, 0) is 38.5 Å². The van der Waals surface area contributed by atoms with E-state index in [1.54, 1.807) is 13.4 Å². The maximum Gasteiger partial charge on any atom is 0.191 e. The summed E-state index contributed by atoms with van der Waals surface area (Å²) in [6, 6.07) is 10.3. The van der Waals surface area contributed by atoms with Gasteiger partial charge in [-0.15, -0.1) is 10.2 Å². The van der Waals surface area contributed by atoms with E-state index >= 15 is 0 Å². The fourth-order valence-electron chi connectivity index (χ4n) is 2.98. The minimum absolute atomic E-state index is 0.562. The zero-order valence-corrected chi connectivity index (χ0v) is 16.3. The lowest BCUT2D eigenvalue weighted by Crippen LogP contribution is -2.37. The third-order valence-corrected chi connectivity index (χ3v) is 4.35. The van der Waals surface area contributed by atoms with Crippen LogP contribution in [0.2, 0.25) is 0 Å². The minimum atomic E-state index is 0.562. The fraction of sp³-hybridized carbons (Fsp3) is 0.368. The van der Waals surface area contributed by atoms with Crippen molar-refractivity contribution in [1.29, 1.82) is 0 Å². The SMILES string of the molecule is CCn1cnnc1CNC(=NC)NCc1ccccc1-n1nc(C)cc1C. The molecule has 3 aromatic rings. The van der Waals surface area contributed by atoms with Gasteiger partial charge in [0.05, 0.1) is 17.9 Å². The summed E-state index contributed by atoms with van der Waals surface area (Å²) in [5.41, 5.74) is 4.33. The van der Waals surface area contributed by atoms with Crippen molar-refractivity contribution in [2.24, 2.45) is 4.99 Å². The number of benzene rings is 1. The number of nitrogens with zero attached hydrogens (tertiary/aromatic N) is 6. The molecule has 8 heteroatoms.